The van der Waals surface area contributed by atoms with Gasteiger partial charge in [0.15, 0.2) is 0 Å². The van der Waals surface area contributed by atoms with Gasteiger partial charge in [0.05, 0.1) is 30.1 Å². The molecule has 186 valence electrons. The minimum atomic E-state index is -3.95. The summed E-state index contributed by atoms with van der Waals surface area (Å²) in [7, 11) is -0.720. The molecule has 5 rings (SSSR count). The second kappa shape index (κ2) is 9.95. The van der Waals surface area contributed by atoms with Crippen molar-refractivity contribution in [3.8, 4) is 11.5 Å². The maximum atomic E-state index is 14.0. The molecular formula is C30H26N2O4S. The molecule has 0 aliphatic heterocycles. The van der Waals surface area contributed by atoms with E-state index in [9.17, 15) is 8.42 Å². The van der Waals surface area contributed by atoms with E-state index >= 15 is 0 Å². The van der Waals surface area contributed by atoms with Gasteiger partial charge in [0.1, 0.15) is 17.3 Å². The van der Waals surface area contributed by atoms with Crippen molar-refractivity contribution in [1.82, 2.24) is 8.96 Å². The number of hydrogen-bond donors (Lipinski definition) is 0. The molecule has 0 aliphatic rings. The average Bonchev–Trinajstić information content (AvgIpc) is 3.31. The summed E-state index contributed by atoms with van der Waals surface area (Å²) in [5.41, 5.74) is 4.53. The Balaban J connectivity index is 1.80. The van der Waals surface area contributed by atoms with Crippen molar-refractivity contribution < 1.29 is 17.9 Å². The second-order valence-corrected chi connectivity index (χ2v) is 10.3. The zero-order chi connectivity index (χ0) is 26.0. The first-order chi connectivity index (χ1) is 17.9. The van der Waals surface area contributed by atoms with Gasteiger partial charge in [-0.15, -0.1) is 0 Å². The summed E-state index contributed by atoms with van der Waals surface area (Å²) in [6.07, 6.45) is 1.80. The molecule has 0 aliphatic carbocycles. The van der Waals surface area contributed by atoms with E-state index in [1.165, 1.54) is 3.97 Å². The summed E-state index contributed by atoms with van der Waals surface area (Å²) in [4.78, 5) is 4.94. The highest BCUT2D eigenvalue weighted by Gasteiger charge is 2.24. The molecule has 1 aromatic heterocycles. The Labute approximate surface area is 216 Å². The lowest BCUT2D eigenvalue weighted by molar-refractivity contribution is 0.414. The molecule has 4 aromatic carbocycles. The first-order valence-electron chi connectivity index (χ1n) is 11.7. The highest BCUT2D eigenvalue weighted by molar-refractivity contribution is 7.90. The molecule has 37 heavy (non-hydrogen) atoms. The van der Waals surface area contributed by atoms with Crippen LogP contribution >= 0.6 is 0 Å². The molecule has 0 unspecified atom stereocenters. The normalized spacial score (nSPS) is 11.3. The number of nitrogens with zero attached hydrogens (tertiary/aromatic N) is 2. The maximum Gasteiger partial charge on any atom is 0.269 e. The van der Waals surface area contributed by atoms with Gasteiger partial charge in [-0.2, -0.15) is 0 Å². The number of para-hydroxylation sites is 2. The van der Waals surface area contributed by atoms with Crippen molar-refractivity contribution >= 4 is 32.7 Å². The topological polar surface area (TPSA) is 70.4 Å². The Kier molecular flexibility index (Phi) is 6.54. The lowest BCUT2D eigenvalue weighted by Crippen LogP contribution is -2.14. The molecule has 0 saturated carbocycles. The fourth-order valence-corrected chi connectivity index (χ4v) is 5.67. The van der Waals surface area contributed by atoms with E-state index in [1.807, 2.05) is 73.7 Å². The van der Waals surface area contributed by atoms with Gasteiger partial charge in [-0.1, -0.05) is 54.1 Å². The molecule has 7 heteroatoms. The van der Waals surface area contributed by atoms with Crippen LogP contribution in [0.4, 0.5) is 0 Å². The molecule has 1 heterocycles. The number of benzene rings is 4. The summed E-state index contributed by atoms with van der Waals surface area (Å²) in [5, 5.41) is 0. The fourth-order valence-electron chi connectivity index (χ4n) is 4.23. The predicted molar refractivity (Wildman–Crippen MR) is 146 cm³/mol. The van der Waals surface area contributed by atoms with Crippen molar-refractivity contribution in [3.63, 3.8) is 0 Å². The fraction of sp³-hybridized carbons (Fsp3) is 0.100. The van der Waals surface area contributed by atoms with Crippen LogP contribution in [-0.4, -0.2) is 31.6 Å². The van der Waals surface area contributed by atoms with E-state index in [4.69, 9.17) is 14.5 Å². The molecular weight excluding hydrogens is 484 g/mol. The van der Waals surface area contributed by atoms with E-state index in [1.54, 1.807) is 50.6 Å². The van der Waals surface area contributed by atoms with E-state index < -0.39 is 10.0 Å². The number of methoxy groups -OCH3 is 2. The number of aromatic nitrogens is 2. The highest BCUT2D eigenvalue weighted by atomic mass is 32.2. The van der Waals surface area contributed by atoms with Gasteiger partial charge in [-0.25, -0.2) is 17.4 Å². The molecule has 0 amide bonds. The minimum Gasteiger partial charge on any atom is -0.497 e. The molecule has 0 atom stereocenters. The SMILES string of the molecule is COc1cccc(C(=Cc2nc3ccccc3n2S(=O)(=O)c2ccc(C)cc2)c2cccc(OC)c2)c1. The van der Waals surface area contributed by atoms with Gasteiger partial charge in [0.2, 0.25) is 0 Å². The highest BCUT2D eigenvalue weighted by Crippen LogP contribution is 2.32. The van der Waals surface area contributed by atoms with Crippen LogP contribution in [0.1, 0.15) is 22.5 Å². The Bertz CT molecular complexity index is 1670. The van der Waals surface area contributed by atoms with Gasteiger partial charge >= 0.3 is 0 Å². The number of hydrogen-bond acceptors (Lipinski definition) is 5. The zero-order valence-corrected chi connectivity index (χ0v) is 21.6. The standard InChI is InChI=1S/C30H26N2O4S/c1-21-14-16-26(17-15-21)37(33,34)32-29-13-5-4-12-28(29)31-30(32)20-27(22-8-6-10-24(18-22)35-2)23-9-7-11-25(19-23)36-3/h4-20H,1-3H3. The summed E-state index contributed by atoms with van der Waals surface area (Å²) in [6, 6.07) is 29.3. The molecule has 0 radical (unpaired) electrons. The smallest absolute Gasteiger partial charge is 0.269 e. The largest absolute Gasteiger partial charge is 0.497 e. The van der Waals surface area contributed by atoms with Crippen LogP contribution in [0.25, 0.3) is 22.7 Å². The third-order valence-corrected chi connectivity index (χ3v) is 7.87. The first-order valence-corrected chi connectivity index (χ1v) is 13.1. The Morgan fingerprint density at radius 2 is 1.38 bits per heavy atom. The van der Waals surface area contributed by atoms with E-state index in [2.05, 4.69) is 0 Å². The predicted octanol–water partition coefficient (Wildman–Crippen LogP) is 6.19. The van der Waals surface area contributed by atoms with Gasteiger partial charge in [-0.3, -0.25) is 0 Å². The van der Waals surface area contributed by atoms with Gasteiger partial charge in [-0.05, 0) is 78.2 Å². The second-order valence-electron chi connectivity index (χ2n) is 8.56. The number of aryl methyl sites for hydroxylation is 1. The molecule has 0 spiro atoms. The summed E-state index contributed by atoms with van der Waals surface area (Å²) >= 11 is 0. The summed E-state index contributed by atoms with van der Waals surface area (Å²) in [5.74, 6) is 1.67. The lowest BCUT2D eigenvalue weighted by Gasteiger charge is -2.13. The monoisotopic (exact) mass is 510 g/mol. The van der Waals surface area contributed by atoms with Crippen molar-refractivity contribution in [2.75, 3.05) is 14.2 Å². The van der Waals surface area contributed by atoms with E-state index in [0.29, 0.717) is 28.4 Å². The lowest BCUT2D eigenvalue weighted by atomic mass is 9.97. The van der Waals surface area contributed by atoms with Crippen molar-refractivity contribution in [1.29, 1.82) is 0 Å². The minimum absolute atomic E-state index is 0.195. The van der Waals surface area contributed by atoms with E-state index in [0.717, 1.165) is 22.3 Å². The number of rotatable bonds is 7. The van der Waals surface area contributed by atoms with E-state index in [-0.39, 0.29) is 4.90 Å². The molecule has 6 nitrogen and oxygen atoms in total. The van der Waals surface area contributed by atoms with Crippen LogP contribution in [0, 0.1) is 6.92 Å². The third-order valence-electron chi connectivity index (χ3n) is 6.14. The van der Waals surface area contributed by atoms with Crippen LogP contribution in [-0.2, 0) is 10.0 Å². The first kappa shape index (κ1) is 24.3. The summed E-state index contributed by atoms with van der Waals surface area (Å²) in [6.45, 7) is 1.92. The number of ether oxygens (including phenoxy) is 2. The van der Waals surface area contributed by atoms with Crippen molar-refractivity contribution in [3.05, 3.63) is 120 Å². The van der Waals surface area contributed by atoms with Crippen LogP contribution in [0.5, 0.6) is 11.5 Å². The van der Waals surface area contributed by atoms with Gasteiger partial charge in [0.25, 0.3) is 10.0 Å². The Morgan fingerprint density at radius 3 is 1.97 bits per heavy atom. The van der Waals surface area contributed by atoms with Crippen LogP contribution in [0.15, 0.2) is 102 Å². The maximum absolute atomic E-state index is 14.0. The Morgan fingerprint density at radius 1 is 0.784 bits per heavy atom. The molecule has 0 bridgehead atoms. The molecule has 0 fully saturated rings. The van der Waals surface area contributed by atoms with Crippen molar-refractivity contribution in [2.24, 2.45) is 0 Å². The third kappa shape index (κ3) is 4.73. The number of imidazole rings is 1. The molecule has 0 saturated heterocycles. The van der Waals surface area contributed by atoms with Crippen molar-refractivity contribution in [2.45, 2.75) is 11.8 Å². The van der Waals surface area contributed by atoms with Gasteiger partial charge in [0, 0.05) is 0 Å². The zero-order valence-electron chi connectivity index (χ0n) is 20.8. The quantitative estimate of drug-likeness (QED) is 0.261. The number of fused-ring (bicyclic) bond motifs is 1. The molecule has 0 N–H and O–H groups in total. The Hall–Kier alpha value is -4.36. The van der Waals surface area contributed by atoms with Crippen LogP contribution in [0.3, 0.4) is 0 Å². The summed E-state index contributed by atoms with van der Waals surface area (Å²) < 4.78 is 40.1. The van der Waals surface area contributed by atoms with Crippen LogP contribution < -0.4 is 9.47 Å². The van der Waals surface area contributed by atoms with Crippen LogP contribution in [0.2, 0.25) is 0 Å². The van der Waals surface area contributed by atoms with Gasteiger partial charge < -0.3 is 9.47 Å². The molecule has 5 aromatic rings. The average molecular weight is 511 g/mol.